The van der Waals surface area contributed by atoms with E-state index in [1.54, 1.807) is 0 Å². The van der Waals surface area contributed by atoms with Crippen LogP contribution in [-0.4, -0.2) is 14.7 Å². The van der Waals surface area contributed by atoms with Crippen molar-refractivity contribution in [3.05, 3.63) is 235 Å². The molecule has 0 aliphatic heterocycles. The van der Waals surface area contributed by atoms with Gasteiger partial charge in [0, 0.05) is 59.6 Å². The predicted octanol–water partition coefficient (Wildman–Crippen LogP) is 18.4. The van der Waals surface area contributed by atoms with Crippen molar-refractivity contribution in [2.75, 3.05) is 0 Å². The molecule has 4 aromatic heterocycles. The topological polar surface area (TPSA) is 34.8 Å². The summed E-state index contributed by atoms with van der Waals surface area (Å²) in [4.78, 5) is 5.89. The van der Waals surface area contributed by atoms with Crippen molar-refractivity contribution >= 4 is 120 Å². The van der Waals surface area contributed by atoms with Crippen LogP contribution in [0.2, 0.25) is 0 Å². The summed E-state index contributed by atoms with van der Waals surface area (Å²) in [6, 6.07) is 80.1. The highest BCUT2D eigenvalue weighted by Gasteiger charge is 2.29. The number of benzene rings is 11. The zero-order valence-corrected chi connectivity index (χ0v) is 39.6. The molecule has 1 aliphatic carbocycles. The summed E-state index contributed by atoms with van der Waals surface area (Å²) in [5, 5.41) is 14.7. The summed E-state index contributed by atoms with van der Waals surface area (Å²) in [5.41, 5.74) is 19.5. The number of allylic oxidation sites excluding steroid dienone is 2. The third kappa shape index (κ3) is 5.38. The number of aliphatic imine (C=N–C) groups is 1. The van der Waals surface area contributed by atoms with E-state index < -0.39 is 0 Å². The van der Waals surface area contributed by atoms with Crippen LogP contribution in [-0.2, 0) is 0 Å². The molecule has 336 valence electrons. The van der Waals surface area contributed by atoms with Gasteiger partial charge in [0.05, 0.1) is 33.3 Å². The molecule has 11 aromatic carbocycles. The van der Waals surface area contributed by atoms with Gasteiger partial charge in [-0.25, -0.2) is 0 Å². The zero-order chi connectivity index (χ0) is 47.3. The van der Waals surface area contributed by atoms with E-state index >= 15 is 0 Å². The number of para-hydroxylation sites is 3. The summed E-state index contributed by atoms with van der Waals surface area (Å²) >= 11 is 0. The Kier molecular flexibility index (Phi) is 8.05. The van der Waals surface area contributed by atoms with Crippen molar-refractivity contribution in [3.63, 3.8) is 0 Å². The van der Waals surface area contributed by atoms with Crippen molar-refractivity contribution in [3.8, 4) is 22.3 Å². The number of hydrogen-bond donors (Lipinski definition) is 0. The second-order valence-corrected chi connectivity index (χ2v) is 19.7. The molecule has 0 radical (unpaired) electrons. The Morgan fingerprint density at radius 2 is 1.04 bits per heavy atom. The van der Waals surface area contributed by atoms with Crippen molar-refractivity contribution in [1.29, 1.82) is 0 Å². The van der Waals surface area contributed by atoms with E-state index in [-0.39, 0.29) is 6.17 Å². The van der Waals surface area contributed by atoms with Crippen molar-refractivity contribution < 1.29 is 4.42 Å². The predicted molar refractivity (Wildman–Crippen MR) is 304 cm³/mol. The summed E-state index contributed by atoms with van der Waals surface area (Å²) in [5.74, 6) is 0. The molecule has 16 rings (SSSR count). The summed E-state index contributed by atoms with van der Waals surface area (Å²) in [6.45, 7) is 4.53. The van der Waals surface area contributed by atoms with Crippen LogP contribution >= 0.6 is 0 Å². The van der Waals surface area contributed by atoms with Crippen molar-refractivity contribution in [2.45, 2.75) is 20.0 Å². The first-order chi connectivity index (χ1) is 35.6. The van der Waals surface area contributed by atoms with Gasteiger partial charge in [-0.1, -0.05) is 170 Å². The molecule has 1 unspecified atom stereocenters. The van der Waals surface area contributed by atoms with Gasteiger partial charge < -0.3 is 13.4 Å². The SMILES string of the molecule is C/C(=C1\C(=N/C(C)n2c3ccccc3c3ccc(-c4ccc5oc6ccc7ccc8c(c9cccc%10c%11ccccc%11n8c%109)c7c6c5c4)cc32)c2ccccc2-c2ccccc21)c1ccc2ccccc2c1. The molecule has 0 bridgehead atoms. The number of nitrogens with zero attached hydrogens (tertiary/aromatic N) is 3. The number of furan rings is 1. The molecule has 0 saturated heterocycles. The Morgan fingerprint density at radius 1 is 0.417 bits per heavy atom. The Hall–Kier alpha value is -9.25. The highest BCUT2D eigenvalue weighted by molar-refractivity contribution is 6.41. The first-order valence-electron chi connectivity index (χ1n) is 25.0. The maximum atomic E-state index is 6.74. The van der Waals surface area contributed by atoms with E-state index in [1.165, 1.54) is 104 Å². The van der Waals surface area contributed by atoms with E-state index in [1.807, 2.05) is 0 Å². The largest absolute Gasteiger partial charge is 0.456 e. The van der Waals surface area contributed by atoms with Gasteiger partial charge in [-0.2, -0.15) is 0 Å². The van der Waals surface area contributed by atoms with Crippen LogP contribution in [0, 0.1) is 0 Å². The second kappa shape index (κ2) is 14.6. The molecule has 0 amide bonds. The third-order valence-electron chi connectivity index (χ3n) is 16.0. The number of fused-ring (bicyclic) bond motifs is 19. The summed E-state index contributed by atoms with van der Waals surface area (Å²) in [7, 11) is 0. The zero-order valence-electron chi connectivity index (χ0n) is 39.6. The molecule has 0 N–H and O–H groups in total. The lowest BCUT2D eigenvalue weighted by molar-refractivity contribution is 0.614. The van der Waals surface area contributed by atoms with E-state index in [0.29, 0.717) is 0 Å². The maximum Gasteiger partial charge on any atom is 0.136 e. The first kappa shape index (κ1) is 39.6. The van der Waals surface area contributed by atoms with Crippen LogP contribution < -0.4 is 0 Å². The molecule has 4 nitrogen and oxygen atoms in total. The van der Waals surface area contributed by atoms with E-state index in [0.717, 1.165) is 55.4 Å². The van der Waals surface area contributed by atoms with E-state index in [9.17, 15) is 0 Å². The highest BCUT2D eigenvalue weighted by atomic mass is 16.3. The quantitative estimate of drug-likeness (QED) is 0.173. The van der Waals surface area contributed by atoms with Crippen molar-refractivity contribution in [1.82, 2.24) is 8.97 Å². The lowest BCUT2D eigenvalue weighted by atomic mass is 9.78. The molecule has 0 saturated carbocycles. The first-order valence-corrected chi connectivity index (χ1v) is 25.0. The molecule has 4 heterocycles. The molecule has 15 aromatic rings. The fourth-order valence-electron chi connectivity index (χ4n) is 12.8. The Balaban J connectivity index is 0.899. The average molecular weight is 918 g/mol. The molecule has 1 atom stereocenters. The smallest absolute Gasteiger partial charge is 0.136 e. The standard InChI is InChI=1S/C68H43N3O/c1-39(43-27-26-41-14-3-4-15-44(41)36-43)63-52-20-7-5-16-47(52)48-17-6-8-21-53(48)67(63)69-40(2)70-57-24-11-9-18-49(57)51-32-28-46(38-60(51)70)45-31-34-61-56(37-45)66-62(72-61)35-30-42-29-33-59-65(64(42)66)55-23-13-22-54-50-19-10-12-25-58(50)71(59)68(54)55/h3-38,40H,1-2H3/b63-39+,69-67-. The molecule has 1 aliphatic rings. The molecule has 0 fully saturated rings. The summed E-state index contributed by atoms with van der Waals surface area (Å²) in [6.07, 6.45) is -0.258. The van der Waals surface area contributed by atoms with Crippen LogP contribution in [0.15, 0.2) is 228 Å². The number of hydrogen-bond acceptors (Lipinski definition) is 2. The van der Waals surface area contributed by atoms with Gasteiger partial charge in [0.2, 0.25) is 0 Å². The van der Waals surface area contributed by atoms with Gasteiger partial charge >= 0.3 is 0 Å². The minimum absolute atomic E-state index is 0.258. The van der Waals surface area contributed by atoms with Gasteiger partial charge in [-0.05, 0) is 117 Å². The average Bonchev–Trinajstić information content (AvgIpc) is 4.18. The Bertz CT molecular complexity index is 4900. The second-order valence-electron chi connectivity index (χ2n) is 19.7. The fraction of sp³-hybridized carbons (Fsp3) is 0.0441. The molecule has 72 heavy (non-hydrogen) atoms. The Morgan fingerprint density at radius 3 is 1.90 bits per heavy atom. The monoisotopic (exact) mass is 917 g/mol. The van der Waals surface area contributed by atoms with Gasteiger partial charge in [0.15, 0.2) is 0 Å². The minimum atomic E-state index is -0.258. The maximum absolute atomic E-state index is 6.74. The molecular formula is C68H43N3O. The van der Waals surface area contributed by atoms with Crippen LogP contribution in [0.3, 0.4) is 0 Å². The number of aromatic nitrogens is 2. The van der Waals surface area contributed by atoms with Crippen LogP contribution in [0.1, 0.15) is 36.7 Å². The van der Waals surface area contributed by atoms with Gasteiger partial charge in [0.25, 0.3) is 0 Å². The van der Waals surface area contributed by atoms with Crippen LogP contribution in [0.5, 0.6) is 0 Å². The van der Waals surface area contributed by atoms with Gasteiger partial charge in [0.1, 0.15) is 17.3 Å². The Labute approximate surface area is 413 Å². The molecule has 4 heteroatoms. The molecule has 0 spiro atoms. The van der Waals surface area contributed by atoms with E-state index in [4.69, 9.17) is 9.41 Å². The lowest BCUT2D eigenvalue weighted by Crippen LogP contribution is -2.16. The highest BCUT2D eigenvalue weighted by Crippen LogP contribution is 2.48. The summed E-state index contributed by atoms with van der Waals surface area (Å²) < 4.78 is 11.7. The van der Waals surface area contributed by atoms with Crippen molar-refractivity contribution in [2.24, 2.45) is 4.99 Å². The van der Waals surface area contributed by atoms with Gasteiger partial charge in [-0.3, -0.25) is 4.99 Å². The number of rotatable bonds is 4. The van der Waals surface area contributed by atoms with Crippen LogP contribution in [0.4, 0.5) is 0 Å². The van der Waals surface area contributed by atoms with E-state index in [2.05, 4.69) is 241 Å². The van der Waals surface area contributed by atoms with Crippen LogP contribution in [0.25, 0.3) is 137 Å². The lowest BCUT2D eigenvalue weighted by Gasteiger charge is -2.28. The normalized spacial score (nSPS) is 14.7. The molecular weight excluding hydrogens is 875 g/mol. The third-order valence-corrected chi connectivity index (χ3v) is 16.0. The van der Waals surface area contributed by atoms with Gasteiger partial charge in [-0.15, -0.1) is 0 Å². The fourth-order valence-corrected chi connectivity index (χ4v) is 12.8. The minimum Gasteiger partial charge on any atom is -0.456 e.